The van der Waals surface area contributed by atoms with E-state index in [0.717, 1.165) is 19.6 Å². The Morgan fingerprint density at radius 2 is 1.81 bits per heavy atom. The van der Waals surface area contributed by atoms with Crippen molar-refractivity contribution in [3.05, 3.63) is 0 Å². The second kappa shape index (κ2) is 5.50. The molecule has 1 atom stereocenters. The lowest BCUT2D eigenvalue weighted by molar-refractivity contribution is -0.178. The number of hydrogen-bond donors (Lipinski definition) is 0. The van der Waals surface area contributed by atoms with Gasteiger partial charge in [0.1, 0.15) is 0 Å². The van der Waals surface area contributed by atoms with Crippen molar-refractivity contribution in [1.82, 2.24) is 0 Å². The third kappa shape index (κ3) is 5.86. The Labute approximate surface area is 101 Å². The fourth-order valence-corrected chi connectivity index (χ4v) is 2.65. The van der Waals surface area contributed by atoms with Crippen LogP contribution < -0.4 is 0 Å². The van der Waals surface area contributed by atoms with Gasteiger partial charge in [0.05, 0.1) is 6.61 Å². The summed E-state index contributed by atoms with van der Waals surface area (Å²) in [7, 11) is 0. The van der Waals surface area contributed by atoms with Crippen LogP contribution in [0.3, 0.4) is 0 Å². The Hall–Kier alpha value is -0.0800. The maximum Gasteiger partial charge on any atom is 0.157 e. The minimum absolute atomic E-state index is 0.0491. The van der Waals surface area contributed by atoms with Crippen molar-refractivity contribution in [1.29, 1.82) is 0 Å². The monoisotopic (exact) mass is 228 g/mol. The Morgan fingerprint density at radius 1 is 1.12 bits per heavy atom. The standard InChI is InChI=1S/C14H28O2/c1-13(2,3)10-14(4,5)11-16-12-8-6-7-9-15-12/h12H,6-11H2,1-5H3. The quantitative estimate of drug-likeness (QED) is 0.724. The molecule has 0 aromatic heterocycles. The van der Waals surface area contributed by atoms with E-state index >= 15 is 0 Å². The molecular weight excluding hydrogens is 200 g/mol. The molecule has 16 heavy (non-hydrogen) atoms. The molecule has 96 valence electrons. The molecule has 1 heterocycles. The fourth-order valence-electron chi connectivity index (χ4n) is 2.65. The molecule has 2 heteroatoms. The molecule has 0 N–H and O–H groups in total. The van der Waals surface area contributed by atoms with Crippen LogP contribution in [0.4, 0.5) is 0 Å². The summed E-state index contributed by atoms with van der Waals surface area (Å²) in [4.78, 5) is 0. The normalized spacial score (nSPS) is 23.4. The number of rotatable bonds is 4. The molecule has 1 aliphatic rings. The Morgan fingerprint density at radius 3 is 2.31 bits per heavy atom. The van der Waals surface area contributed by atoms with E-state index in [1.165, 1.54) is 19.3 Å². The Balaban J connectivity index is 2.29. The van der Waals surface area contributed by atoms with E-state index < -0.39 is 0 Å². The first-order valence-corrected chi connectivity index (χ1v) is 6.52. The first-order chi connectivity index (χ1) is 7.29. The van der Waals surface area contributed by atoms with Gasteiger partial charge in [-0.2, -0.15) is 0 Å². The predicted molar refractivity (Wildman–Crippen MR) is 67.4 cm³/mol. The molecule has 1 rings (SSSR count). The zero-order valence-corrected chi connectivity index (χ0v) is 11.6. The maximum absolute atomic E-state index is 5.87. The molecule has 0 radical (unpaired) electrons. The third-order valence-corrected chi connectivity index (χ3v) is 2.81. The molecule has 0 spiro atoms. The maximum atomic E-state index is 5.87. The van der Waals surface area contributed by atoms with Gasteiger partial charge in [-0.15, -0.1) is 0 Å². The summed E-state index contributed by atoms with van der Waals surface area (Å²) in [5.41, 5.74) is 0.597. The van der Waals surface area contributed by atoms with Gasteiger partial charge in [0.15, 0.2) is 6.29 Å². The summed E-state index contributed by atoms with van der Waals surface area (Å²) in [6.07, 6.45) is 4.71. The van der Waals surface area contributed by atoms with Crippen molar-refractivity contribution in [2.45, 2.75) is 66.6 Å². The summed E-state index contributed by atoms with van der Waals surface area (Å²) in [6, 6.07) is 0. The number of ether oxygens (including phenoxy) is 2. The highest BCUT2D eigenvalue weighted by Crippen LogP contribution is 2.33. The summed E-state index contributed by atoms with van der Waals surface area (Å²) in [5.74, 6) is 0. The van der Waals surface area contributed by atoms with Gasteiger partial charge in [0.2, 0.25) is 0 Å². The average molecular weight is 228 g/mol. The van der Waals surface area contributed by atoms with Gasteiger partial charge in [0, 0.05) is 6.61 Å². The first kappa shape index (κ1) is 14.0. The summed E-state index contributed by atoms with van der Waals surface area (Å²) < 4.78 is 11.5. The Bertz CT molecular complexity index is 197. The second-order valence-corrected chi connectivity index (χ2v) is 7.01. The van der Waals surface area contributed by atoms with Crippen LogP contribution in [0.25, 0.3) is 0 Å². The van der Waals surface area contributed by atoms with Gasteiger partial charge < -0.3 is 9.47 Å². The topological polar surface area (TPSA) is 18.5 Å². The van der Waals surface area contributed by atoms with Gasteiger partial charge in [0.25, 0.3) is 0 Å². The SMILES string of the molecule is CC(C)(C)CC(C)(C)COC1CCCCO1. The van der Waals surface area contributed by atoms with E-state index in [4.69, 9.17) is 9.47 Å². The van der Waals surface area contributed by atoms with Gasteiger partial charge >= 0.3 is 0 Å². The lowest BCUT2D eigenvalue weighted by Gasteiger charge is -2.34. The summed E-state index contributed by atoms with van der Waals surface area (Å²) >= 11 is 0. The number of hydrogen-bond acceptors (Lipinski definition) is 2. The highest BCUT2D eigenvalue weighted by molar-refractivity contribution is 4.76. The lowest BCUT2D eigenvalue weighted by atomic mass is 9.77. The van der Waals surface area contributed by atoms with E-state index in [2.05, 4.69) is 34.6 Å². The molecule has 1 aliphatic heterocycles. The van der Waals surface area contributed by atoms with Gasteiger partial charge in [-0.1, -0.05) is 34.6 Å². The largest absolute Gasteiger partial charge is 0.353 e. The minimum Gasteiger partial charge on any atom is -0.353 e. The van der Waals surface area contributed by atoms with Crippen LogP contribution in [0.1, 0.15) is 60.3 Å². The molecule has 1 saturated heterocycles. The van der Waals surface area contributed by atoms with Gasteiger partial charge in [-0.25, -0.2) is 0 Å². The van der Waals surface area contributed by atoms with Gasteiger partial charge in [-0.05, 0) is 36.5 Å². The molecule has 0 bridgehead atoms. The van der Waals surface area contributed by atoms with Crippen LogP contribution in [0.5, 0.6) is 0 Å². The zero-order valence-electron chi connectivity index (χ0n) is 11.6. The van der Waals surface area contributed by atoms with E-state index in [9.17, 15) is 0 Å². The van der Waals surface area contributed by atoms with Crippen LogP contribution in [0.15, 0.2) is 0 Å². The molecule has 0 saturated carbocycles. The summed E-state index contributed by atoms with van der Waals surface area (Å²) in [5, 5.41) is 0. The van der Waals surface area contributed by atoms with E-state index in [0.29, 0.717) is 5.41 Å². The van der Waals surface area contributed by atoms with Crippen LogP contribution >= 0.6 is 0 Å². The van der Waals surface area contributed by atoms with Crippen molar-refractivity contribution in [2.75, 3.05) is 13.2 Å². The molecule has 0 aromatic carbocycles. The second-order valence-electron chi connectivity index (χ2n) is 7.01. The summed E-state index contributed by atoms with van der Waals surface area (Å²) in [6.45, 7) is 13.1. The van der Waals surface area contributed by atoms with Crippen molar-refractivity contribution in [3.8, 4) is 0 Å². The molecule has 2 nitrogen and oxygen atoms in total. The fraction of sp³-hybridized carbons (Fsp3) is 1.00. The van der Waals surface area contributed by atoms with Crippen LogP contribution in [-0.2, 0) is 9.47 Å². The average Bonchev–Trinajstić information content (AvgIpc) is 2.13. The molecule has 0 amide bonds. The van der Waals surface area contributed by atoms with Crippen molar-refractivity contribution >= 4 is 0 Å². The van der Waals surface area contributed by atoms with Crippen LogP contribution in [0, 0.1) is 10.8 Å². The van der Waals surface area contributed by atoms with E-state index in [1.54, 1.807) is 0 Å². The molecule has 0 aliphatic carbocycles. The highest BCUT2D eigenvalue weighted by atomic mass is 16.7. The molecule has 1 fully saturated rings. The molecular formula is C14H28O2. The third-order valence-electron chi connectivity index (χ3n) is 2.81. The van der Waals surface area contributed by atoms with Crippen LogP contribution in [0.2, 0.25) is 0 Å². The lowest BCUT2D eigenvalue weighted by Crippen LogP contribution is -2.31. The smallest absolute Gasteiger partial charge is 0.157 e. The highest BCUT2D eigenvalue weighted by Gasteiger charge is 2.27. The van der Waals surface area contributed by atoms with Gasteiger partial charge in [-0.3, -0.25) is 0 Å². The molecule has 1 unspecified atom stereocenters. The first-order valence-electron chi connectivity index (χ1n) is 6.52. The van der Waals surface area contributed by atoms with E-state index in [-0.39, 0.29) is 11.7 Å². The molecule has 0 aromatic rings. The Kier molecular flexibility index (Phi) is 4.81. The minimum atomic E-state index is 0.0491. The van der Waals surface area contributed by atoms with Crippen molar-refractivity contribution in [2.24, 2.45) is 10.8 Å². The predicted octanol–water partition coefficient (Wildman–Crippen LogP) is 3.99. The van der Waals surface area contributed by atoms with Crippen molar-refractivity contribution in [3.63, 3.8) is 0 Å². The zero-order chi connectivity index (χ0) is 12.2. The van der Waals surface area contributed by atoms with E-state index in [1.807, 2.05) is 0 Å². The van der Waals surface area contributed by atoms with Crippen molar-refractivity contribution < 1.29 is 9.47 Å². The van der Waals surface area contributed by atoms with Crippen LogP contribution in [-0.4, -0.2) is 19.5 Å².